The molecule has 0 saturated heterocycles. The van der Waals surface area contributed by atoms with Crippen molar-refractivity contribution in [2.24, 2.45) is 0 Å². The molecule has 0 fully saturated rings. The minimum atomic E-state index is -0.161. The number of thioether (sulfide) groups is 1. The number of anilines is 1. The number of aromatic nitrogens is 3. The Balaban J connectivity index is 1.48. The first kappa shape index (κ1) is 21.4. The number of ether oxygens (including phenoxy) is 2. The lowest BCUT2D eigenvalue weighted by atomic mass is 10.1. The molecule has 31 heavy (non-hydrogen) atoms. The van der Waals surface area contributed by atoms with Crippen LogP contribution in [0.5, 0.6) is 11.5 Å². The number of hydrogen-bond donors (Lipinski definition) is 1. The van der Waals surface area contributed by atoms with Gasteiger partial charge in [0.25, 0.3) is 0 Å². The van der Waals surface area contributed by atoms with E-state index in [0.717, 1.165) is 21.5 Å². The van der Waals surface area contributed by atoms with Crippen LogP contribution in [0, 0.1) is 0 Å². The van der Waals surface area contributed by atoms with Crippen molar-refractivity contribution in [3.63, 3.8) is 0 Å². The number of amides is 1. The summed E-state index contributed by atoms with van der Waals surface area (Å²) in [7, 11) is 3.11. The topological polar surface area (TPSA) is 86.2 Å². The molecule has 2 aromatic carbocycles. The predicted octanol–water partition coefficient (Wildman–Crippen LogP) is 5.15. The molecule has 4 aromatic rings. The average Bonchev–Trinajstić information content (AvgIpc) is 3.23. The maximum absolute atomic E-state index is 12.5. The maximum Gasteiger partial charge on any atom is 0.234 e. The molecule has 0 spiro atoms. The fourth-order valence-corrected chi connectivity index (χ4v) is 4.73. The van der Waals surface area contributed by atoms with Crippen LogP contribution >= 0.6 is 34.9 Å². The second kappa shape index (κ2) is 9.51. The Morgan fingerprint density at radius 2 is 1.87 bits per heavy atom. The molecule has 0 aliphatic heterocycles. The molecule has 0 radical (unpaired) electrons. The molecule has 7 nitrogen and oxygen atoms in total. The highest BCUT2D eigenvalue weighted by Crippen LogP contribution is 2.35. The third kappa shape index (κ3) is 4.73. The zero-order chi connectivity index (χ0) is 21.8. The van der Waals surface area contributed by atoms with Gasteiger partial charge >= 0.3 is 0 Å². The zero-order valence-corrected chi connectivity index (χ0v) is 19.0. The summed E-state index contributed by atoms with van der Waals surface area (Å²) in [6.07, 6.45) is 1.49. The van der Waals surface area contributed by atoms with Crippen LogP contribution < -0.4 is 14.8 Å². The van der Waals surface area contributed by atoms with Crippen LogP contribution in [0.1, 0.15) is 0 Å². The smallest absolute Gasteiger partial charge is 0.234 e. The van der Waals surface area contributed by atoms with Crippen LogP contribution in [0.25, 0.3) is 21.5 Å². The van der Waals surface area contributed by atoms with Gasteiger partial charge < -0.3 is 14.8 Å². The van der Waals surface area contributed by atoms with Gasteiger partial charge in [0.2, 0.25) is 5.91 Å². The molecule has 10 heteroatoms. The third-order valence-electron chi connectivity index (χ3n) is 4.35. The van der Waals surface area contributed by atoms with Crippen LogP contribution in [0.15, 0.2) is 53.8 Å². The Morgan fingerprint density at radius 1 is 1.10 bits per heavy atom. The summed E-state index contributed by atoms with van der Waals surface area (Å²) in [4.78, 5) is 21.2. The quantitative estimate of drug-likeness (QED) is 0.294. The van der Waals surface area contributed by atoms with E-state index in [0.29, 0.717) is 27.2 Å². The summed E-state index contributed by atoms with van der Waals surface area (Å²) in [5, 5.41) is 4.23. The minimum absolute atomic E-state index is 0.161. The molecule has 158 valence electrons. The molecular weight excluding hydrogens is 456 g/mol. The highest BCUT2D eigenvalue weighted by Gasteiger charge is 2.16. The van der Waals surface area contributed by atoms with Crippen molar-refractivity contribution in [1.82, 2.24) is 14.3 Å². The predicted molar refractivity (Wildman–Crippen MR) is 125 cm³/mol. The number of rotatable bonds is 7. The van der Waals surface area contributed by atoms with E-state index in [1.807, 2.05) is 24.3 Å². The lowest BCUT2D eigenvalue weighted by Crippen LogP contribution is -2.14. The van der Waals surface area contributed by atoms with E-state index in [9.17, 15) is 4.79 Å². The number of nitrogens with zero attached hydrogens (tertiary/aromatic N) is 3. The SMILES string of the molecule is COc1ccc(NC(=O)CSc2ncnc3c(-c4ccc(Cl)cc4)nsc23)cc1OC. The van der Waals surface area contributed by atoms with E-state index in [1.54, 1.807) is 32.4 Å². The second-order valence-electron chi connectivity index (χ2n) is 6.30. The van der Waals surface area contributed by atoms with Gasteiger partial charge in [0.1, 0.15) is 27.3 Å². The van der Waals surface area contributed by atoms with E-state index in [2.05, 4.69) is 19.7 Å². The van der Waals surface area contributed by atoms with Gasteiger partial charge in [-0.3, -0.25) is 4.79 Å². The average molecular weight is 473 g/mol. The van der Waals surface area contributed by atoms with Crippen LogP contribution in [0.4, 0.5) is 5.69 Å². The van der Waals surface area contributed by atoms with E-state index >= 15 is 0 Å². The highest BCUT2D eigenvalue weighted by atomic mass is 35.5. The van der Waals surface area contributed by atoms with E-state index in [4.69, 9.17) is 21.1 Å². The van der Waals surface area contributed by atoms with E-state index < -0.39 is 0 Å². The van der Waals surface area contributed by atoms with Crippen molar-refractivity contribution in [2.45, 2.75) is 5.03 Å². The molecule has 2 aromatic heterocycles. The number of carbonyl (C=O) groups is 1. The van der Waals surface area contributed by atoms with E-state index in [1.165, 1.54) is 29.6 Å². The Kier molecular flexibility index (Phi) is 6.55. The van der Waals surface area contributed by atoms with Crippen LogP contribution in [-0.4, -0.2) is 40.2 Å². The van der Waals surface area contributed by atoms with Crippen molar-refractivity contribution < 1.29 is 14.3 Å². The zero-order valence-electron chi connectivity index (χ0n) is 16.6. The summed E-state index contributed by atoms with van der Waals surface area (Å²) in [6, 6.07) is 12.7. The summed E-state index contributed by atoms with van der Waals surface area (Å²) < 4.78 is 15.9. The Labute approximate surface area is 191 Å². The van der Waals surface area contributed by atoms with E-state index in [-0.39, 0.29) is 11.7 Å². The minimum Gasteiger partial charge on any atom is -0.493 e. The van der Waals surface area contributed by atoms with Crippen LogP contribution in [0.3, 0.4) is 0 Å². The van der Waals surface area contributed by atoms with Crippen molar-refractivity contribution in [3.8, 4) is 22.8 Å². The number of halogens is 1. The van der Waals surface area contributed by atoms with Crippen LogP contribution in [-0.2, 0) is 4.79 Å². The molecule has 1 N–H and O–H groups in total. The number of hydrogen-bond acceptors (Lipinski definition) is 8. The molecule has 2 heterocycles. The number of carbonyl (C=O) groups excluding carboxylic acids is 1. The fraction of sp³-hybridized carbons (Fsp3) is 0.143. The van der Waals surface area contributed by atoms with Gasteiger partial charge in [0, 0.05) is 22.3 Å². The second-order valence-corrected chi connectivity index (χ2v) is 8.48. The molecule has 0 aliphatic carbocycles. The highest BCUT2D eigenvalue weighted by molar-refractivity contribution is 8.00. The van der Waals surface area contributed by atoms with Crippen molar-refractivity contribution in [1.29, 1.82) is 0 Å². The summed E-state index contributed by atoms with van der Waals surface area (Å²) in [5.41, 5.74) is 3.08. The number of nitrogens with one attached hydrogen (secondary N) is 1. The van der Waals surface area contributed by atoms with Gasteiger partial charge in [0.05, 0.1) is 20.0 Å². The molecule has 4 rings (SSSR count). The monoisotopic (exact) mass is 472 g/mol. The van der Waals surface area contributed by atoms with Crippen LogP contribution in [0.2, 0.25) is 5.02 Å². The normalized spacial score (nSPS) is 10.8. The molecule has 1 amide bonds. The maximum atomic E-state index is 12.5. The van der Waals surface area contributed by atoms with Crippen molar-refractivity contribution in [3.05, 3.63) is 53.8 Å². The van der Waals surface area contributed by atoms with Gasteiger partial charge in [0.15, 0.2) is 11.5 Å². The molecule has 0 bridgehead atoms. The van der Waals surface area contributed by atoms with Gasteiger partial charge in [-0.1, -0.05) is 35.5 Å². The Bertz CT molecular complexity index is 1230. The third-order valence-corrected chi connectivity index (χ3v) is 6.56. The lowest BCUT2D eigenvalue weighted by molar-refractivity contribution is -0.113. The summed E-state index contributed by atoms with van der Waals surface area (Å²) in [5.74, 6) is 1.17. The Morgan fingerprint density at radius 3 is 2.61 bits per heavy atom. The summed E-state index contributed by atoms with van der Waals surface area (Å²) in [6.45, 7) is 0. The first-order valence-electron chi connectivity index (χ1n) is 9.10. The van der Waals surface area contributed by atoms with Gasteiger partial charge in [-0.05, 0) is 35.8 Å². The first-order valence-corrected chi connectivity index (χ1v) is 11.2. The molecule has 0 unspecified atom stereocenters. The molecular formula is C21H17ClN4O3S2. The lowest BCUT2D eigenvalue weighted by Gasteiger charge is -2.10. The van der Waals surface area contributed by atoms with Gasteiger partial charge in [-0.2, -0.15) is 4.37 Å². The largest absolute Gasteiger partial charge is 0.493 e. The van der Waals surface area contributed by atoms with Gasteiger partial charge in [-0.15, -0.1) is 0 Å². The molecule has 0 aliphatic rings. The number of benzene rings is 2. The first-order chi connectivity index (χ1) is 15.1. The van der Waals surface area contributed by atoms with Crippen molar-refractivity contribution >= 4 is 56.7 Å². The summed E-state index contributed by atoms with van der Waals surface area (Å²) >= 11 is 8.63. The fourth-order valence-electron chi connectivity index (χ4n) is 2.89. The van der Waals surface area contributed by atoms with Gasteiger partial charge in [-0.25, -0.2) is 9.97 Å². The molecule has 0 atom stereocenters. The van der Waals surface area contributed by atoms with Crippen molar-refractivity contribution in [2.75, 3.05) is 25.3 Å². The molecule has 0 saturated carbocycles. The number of fused-ring (bicyclic) bond motifs is 1. The standard InChI is InChI=1S/C21H17ClN4O3S2/c1-28-15-8-7-14(9-16(15)29-2)25-17(27)10-30-21-20-19(23-11-24-21)18(26-31-20)12-3-5-13(22)6-4-12/h3-9,11H,10H2,1-2H3,(H,25,27). The Hall–Kier alpha value is -2.88. The number of methoxy groups -OCH3 is 2.